The van der Waals surface area contributed by atoms with Crippen LogP contribution >= 0.6 is 23.2 Å². The molecule has 1 aromatic heterocycles. The molecule has 1 aromatic carbocycles. The highest BCUT2D eigenvalue weighted by Gasteiger charge is 2.39. The van der Waals surface area contributed by atoms with Gasteiger partial charge in [0.15, 0.2) is 0 Å². The van der Waals surface area contributed by atoms with Gasteiger partial charge in [0.05, 0.1) is 39.9 Å². The quantitative estimate of drug-likeness (QED) is 0.801. The minimum Gasteiger partial charge on any atom is -0.336 e. The summed E-state index contributed by atoms with van der Waals surface area (Å²) in [5.41, 5.74) is 1.33. The fraction of sp³-hybridized carbons (Fsp3) is 0.154. The molecular formula is C13H9Cl2N3O2. The second-order valence-electron chi connectivity index (χ2n) is 4.47. The van der Waals surface area contributed by atoms with E-state index in [9.17, 15) is 9.59 Å². The number of hydrogen-bond donors (Lipinski definition) is 0. The highest BCUT2D eigenvalue weighted by molar-refractivity contribution is 6.56. The molecule has 1 aliphatic heterocycles. The van der Waals surface area contributed by atoms with Crippen LogP contribution in [0.1, 0.15) is 16.1 Å². The number of amides is 1. The molecule has 0 unspecified atom stereocenters. The molecule has 5 nitrogen and oxygen atoms in total. The minimum absolute atomic E-state index is 0.173. The lowest BCUT2D eigenvalue weighted by atomic mass is 10.1. The Morgan fingerprint density at radius 2 is 1.90 bits per heavy atom. The Balaban J connectivity index is 2.11. The van der Waals surface area contributed by atoms with Gasteiger partial charge < -0.3 is 4.57 Å². The number of halogens is 2. The van der Waals surface area contributed by atoms with Crippen molar-refractivity contribution in [2.24, 2.45) is 7.05 Å². The third-order valence-electron chi connectivity index (χ3n) is 3.25. The van der Waals surface area contributed by atoms with Crippen molar-refractivity contribution < 1.29 is 9.59 Å². The molecule has 0 fully saturated rings. The lowest BCUT2D eigenvalue weighted by molar-refractivity contribution is -0.114. The summed E-state index contributed by atoms with van der Waals surface area (Å²) in [5, 5.41) is 0.557. The predicted octanol–water partition coefficient (Wildman–Crippen LogP) is 2.46. The third-order valence-corrected chi connectivity index (χ3v) is 3.87. The number of aryl methyl sites for hydroxylation is 1. The van der Waals surface area contributed by atoms with Crippen molar-refractivity contribution in [2.45, 2.75) is 6.54 Å². The first-order valence-corrected chi connectivity index (χ1v) is 6.55. The Labute approximate surface area is 124 Å². The van der Waals surface area contributed by atoms with Gasteiger partial charge in [-0.15, -0.1) is 0 Å². The number of ketones is 1. The maximum Gasteiger partial charge on any atom is 0.299 e. The minimum atomic E-state index is -0.630. The van der Waals surface area contributed by atoms with Crippen molar-refractivity contribution in [3.05, 3.63) is 46.0 Å². The molecule has 0 N–H and O–H groups in total. The first-order valence-electron chi connectivity index (χ1n) is 5.80. The number of aromatic nitrogens is 2. The van der Waals surface area contributed by atoms with Gasteiger partial charge in [0.25, 0.3) is 11.7 Å². The second kappa shape index (κ2) is 4.61. The number of carbonyl (C=O) groups is 2. The average molecular weight is 310 g/mol. The number of anilines is 1. The van der Waals surface area contributed by atoms with Crippen molar-refractivity contribution in [3.63, 3.8) is 0 Å². The van der Waals surface area contributed by atoms with E-state index in [2.05, 4.69) is 4.98 Å². The van der Waals surface area contributed by atoms with E-state index >= 15 is 0 Å². The van der Waals surface area contributed by atoms with Gasteiger partial charge in [0.1, 0.15) is 0 Å². The molecule has 0 saturated carbocycles. The average Bonchev–Trinajstić information content (AvgIpc) is 2.92. The Morgan fingerprint density at radius 3 is 2.55 bits per heavy atom. The van der Waals surface area contributed by atoms with E-state index in [1.54, 1.807) is 23.2 Å². The molecule has 20 heavy (non-hydrogen) atoms. The fourth-order valence-electron chi connectivity index (χ4n) is 2.20. The van der Waals surface area contributed by atoms with Crippen LogP contribution in [0.2, 0.25) is 10.0 Å². The zero-order chi connectivity index (χ0) is 14.4. The van der Waals surface area contributed by atoms with Crippen LogP contribution in [-0.4, -0.2) is 21.2 Å². The van der Waals surface area contributed by atoms with Crippen molar-refractivity contribution in [1.82, 2.24) is 9.55 Å². The summed E-state index contributed by atoms with van der Waals surface area (Å²) in [6.45, 7) is 0.216. The van der Waals surface area contributed by atoms with E-state index < -0.39 is 11.7 Å². The summed E-state index contributed by atoms with van der Waals surface area (Å²) in [5.74, 6) is -1.26. The first kappa shape index (κ1) is 13.1. The van der Waals surface area contributed by atoms with E-state index in [0.717, 1.165) is 5.69 Å². The van der Waals surface area contributed by atoms with Crippen molar-refractivity contribution >= 4 is 40.6 Å². The van der Waals surface area contributed by atoms with Gasteiger partial charge in [-0.2, -0.15) is 0 Å². The Hall–Kier alpha value is -1.85. The van der Waals surface area contributed by atoms with E-state index in [0.29, 0.717) is 10.7 Å². The zero-order valence-corrected chi connectivity index (χ0v) is 11.9. The smallest absolute Gasteiger partial charge is 0.299 e. The van der Waals surface area contributed by atoms with Crippen LogP contribution in [0, 0.1) is 0 Å². The summed E-state index contributed by atoms with van der Waals surface area (Å²) in [4.78, 5) is 29.5. The van der Waals surface area contributed by atoms with Gasteiger partial charge in [-0.3, -0.25) is 14.5 Å². The molecule has 0 radical (unpaired) electrons. The molecule has 102 valence electrons. The van der Waals surface area contributed by atoms with E-state index in [4.69, 9.17) is 23.2 Å². The number of nitrogens with zero attached hydrogens (tertiary/aromatic N) is 3. The standard InChI is InChI=1S/C13H9Cl2N3O2/c1-17-6-16-4-7(17)5-18-11-9(15)3-2-8(14)10(11)12(19)13(18)20/h2-4,6H,5H2,1H3. The predicted molar refractivity (Wildman–Crippen MR) is 75.2 cm³/mol. The highest BCUT2D eigenvalue weighted by atomic mass is 35.5. The van der Waals surface area contributed by atoms with E-state index in [-0.39, 0.29) is 17.1 Å². The number of Topliss-reactive ketones (excluding diaryl/α,β-unsaturated/α-hetero) is 1. The summed E-state index contributed by atoms with van der Waals surface area (Å²) < 4.78 is 1.77. The summed E-state index contributed by atoms with van der Waals surface area (Å²) in [6, 6.07) is 3.09. The fourth-order valence-corrected chi connectivity index (χ4v) is 2.70. The maximum atomic E-state index is 12.1. The molecule has 1 aliphatic rings. The van der Waals surface area contributed by atoms with Crippen molar-refractivity contribution in [2.75, 3.05) is 4.90 Å². The lowest BCUT2D eigenvalue weighted by Gasteiger charge is -2.17. The van der Waals surface area contributed by atoms with Crippen LogP contribution in [0.4, 0.5) is 5.69 Å². The number of fused-ring (bicyclic) bond motifs is 1. The van der Waals surface area contributed by atoms with Gasteiger partial charge >= 0.3 is 0 Å². The molecule has 0 atom stereocenters. The molecule has 0 aliphatic carbocycles. The third kappa shape index (κ3) is 1.82. The van der Waals surface area contributed by atoms with Gasteiger partial charge in [-0.25, -0.2) is 4.98 Å². The molecule has 7 heteroatoms. The van der Waals surface area contributed by atoms with Crippen LogP contribution < -0.4 is 4.90 Å². The number of imidazole rings is 1. The summed E-state index contributed by atoms with van der Waals surface area (Å²) >= 11 is 12.1. The number of hydrogen-bond acceptors (Lipinski definition) is 3. The SMILES string of the molecule is Cn1cncc1CN1C(=O)C(=O)c2c(Cl)ccc(Cl)c21. The number of rotatable bonds is 2. The Bertz CT molecular complexity index is 739. The zero-order valence-electron chi connectivity index (χ0n) is 10.4. The molecule has 0 saturated heterocycles. The monoisotopic (exact) mass is 309 g/mol. The molecule has 1 amide bonds. The van der Waals surface area contributed by atoms with E-state index in [1.807, 2.05) is 7.05 Å². The molecule has 2 aromatic rings. The number of benzene rings is 1. The van der Waals surface area contributed by atoms with Gasteiger partial charge in [-0.05, 0) is 12.1 Å². The molecule has 0 spiro atoms. The van der Waals surface area contributed by atoms with Crippen LogP contribution in [0.5, 0.6) is 0 Å². The van der Waals surface area contributed by atoms with Crippen molar-refractivity contribution in [3.8, 4) is 0 Å². The highest BCUT2D eigenvalue weighted by Crippen LogP contribution is 2.40. The molecule has 2 heterocycles. The van der Waals surface area contributed by atoms with Gasteiger partial charge in [-0.1, -0.05) is 23.2 Å². The van der Waals surface area contributed by atoms with Crippen LogP contribution in [0.3, 0.4) is 0 Å². The molecular weight excluding hydrogens is 301 g/mol. The first-order chi connectivity index (χ1) is 9.50. The van der Waals surface area contributed by atoms with Crippen LogP contribution in [-0.2, 0) is 18.4 Å². The largest absolute Gasteiger partial charge is 0.336 e. The maximum absolute atomic E-state index is 12.1. The lowest BCUT2D eigenvalue weighted by Crippen LogP contribution is -2.30. The van der Waals surface area contributed by atoms with Crippen LogP contribution in [0.25, 0.3) is 0 Å². The molecule has 0 bridgehead atoms. The van der Waals surface area contributed by atoms with Gasteiger partial charge in [0.2, 0.25) is 0 Å². The summed E-state index contributed by atoms with van der Waals surface area (Å²) in [7, 11) is 1.81. The van der Waals surface area contributed by atoms with Gasteiger partial charge in [0, 0.05) is 13.2 Å². The number of carbonyl (C=O) groups excluding carboxylic acids is 2. The Morgan fingerprint density at radius 1 is 1.20 bits per heavy atom. The molecule has 3 rings (SSSR count). The van der Waals surface area contributed by atoms with E-state index in [1.165, 1.54) is 11.0 Å². The topological polar surface area (TPSA) is 55.2 Å². The van der Waals surface area contributed by atoms with Crippen LogP contribution in [0.15, 0.2) is 24.7 Å². The second-order valence-corrected chi connectivity index (χ2v) is 5.28. The Kier molecular flexibility index (Phi) is 3.03. The summed E-state index contributed by atoms with van der Waals surface area (Å²) in [6.07, 6.45) is 3.26. The normalized spacial score (nSPS) is 14.1. The van der Waals surface area contributed by atoms with Crippen molar-refractivity contribution in [1.29, 1.82) is 0 Å².